The first-order valence-electron chi connectivity index (χ1n) is 28.6. The maximum Gasteiger partial charge on any atom is 0.397 e. The Morgan fingerprint density at radius 3 is 1.87 bits per heavy atom. The predicted molar refractivity (Wildman–Crippen MR) is 282 cm³/mol. The van der Waals surface area contributed by atoms with E-state index >= 15 is 0 Å². The van der Waals surface area contributed by atoms with E-state index < -0.39 is 185 Å². The second kappa shape index (κ2) is 24.1. The number of hydrogen-bond acceptors (Lipinski definition) is 26. The zero-order valence-corrected chi connectivity index (χ0v) is 49.8. The summed E-state index contributed by atoms with van der Waals surface area (Å²) in [6, 6.07) is 0. The van der Waals surface area contributed by atoms with E-state index in [2.05, 4.69) is 48.7 Å². The van der Waals surface area contributed by atoms with Crippen LogP contribution in [0.1, 0.15) is 106 Å². The molecule has 10 N–H and O–H groups in total. The summed E-state index contributed by atoms with van der Waals surface area (Å²) in [5.41, 5.74) is -1.31. The highest BCUT2D eigenvalue weighted by Gasteiger charge is 2.79. The van der Waals surface area contributed by atoms with Crippen molar-refractivity contribution in [3.8, 4) is 0 Å². The van der Waals surface area contributed by atoms with Crippen LogP contribution in [-0.4, -0.2) is 234 Å². The average molecular weight is 1250 g/mol. The van der Waals surface area contributed by atoms with Gasteiger partial charge in [0.25, 0.3) is 0 Å². The molecule has 9 rings (SSSR count). The number of hydrogen-bond donors (Lipinski definition) is 10. The number of Topliss-reactive ketones (excluding diaryl/α,β-unsaturated/α-hetero) is 1. The maximum atomic E-state index is 14.4. The Bertz CT molecular complexity index is 2690. The Morgan fingerprint density at radius 2 is 1.27 bits per heavy atom. The van der Waals surface area contributed by atoms with Crippen LogP contribution >= 0.6 is 0 Å². The molecule has 480 valence electrons. The van der Waals surface area contributed by atoms with E-state index in [-0.39, 0.29) is 42.0 Å². The highest BCUT2D eigenvalue weighted by molar-refractivity contribution is 7.81. The molecule has 1 spiro atoms. The molecule has 30 heteroatoms. The molecule has 27 atom stereocenters. The molecule has 9 aliphatic rings. The zero-order valence-electron chi connectivity index (χ0n) is 48.2. The quantitative estimate of drug-likeness (QED) is 0.0440. The number of fused-ring (bicyclic) bond motifs is 4. The third kappa shape index (κ3) is 11.9. The van der Waals surface area contributed by atoms with Gasteiger partial charge in [0.05, 0.1) is 43.4 Å². The van der Waals surface area contributed by atoms with Crippen molar-refractivity contribution >= 4 is 32.6 Å². The number of carbonyl (C=O) groups excluding carboxylic acids is 2. The fraction of sp³-hybridized carbons (Fsp3) is 0.889. The summed E-state index contributed by atoms with van der Waals surface area (Å²) in [6.45, 7) is 15.2. The molecule has 0 radical (unpaired) electrons. The summed E-state index contributed by atoms with van der Waals surface area (Å²) < 4.78 is 133. The number of cyclic esters (lactones) is 1. The third-order valence-electron chi connectivity index (χ3n) is 20.3. The molecule has 0 aromatic rings. The largest absolute Gasteiger partial charge is 0.458 e. The van der Waals surface area contributed by atoms with Gasteiger partial charge in [-0.2, -0.15) is 16.8 Å². The topological polar surface area (TPSA) is 415 Å². The molecule has 0 bridgehead atoms. The van der Waals surface area contributed by atoms with Crippen molar-refractivity contribution in [1.29, 1.82) is 0 Å². The van der Waals surface area contributed by atoms with E-state index in [9.17, 15) is 71.8 Å². The molecule has 5 aliphatic heterocycles. The van der Waals surface area contributed by atoms with Gasteiger partial charge in [-0.15, -0.1) is 6.58 Å². The van der Waals surface area contributed by atoms with Gasteiger partial charge in [0.2, 0.25) is 0 Å². The molecule has 8 fully saturated rings. The number of aliphatic hydroxyl groups excluding tert-OH is 8. The minimum atomic E-state index is -5.21. The SMILES string of the molecule is C=C(C)CCCC1(C)OC(=O)C23CCC4C(=CCC5C(C)(C)C(OC6OCC(O)C(O)C6OC6OC(C)C(OC7OC(COS(=O)(=O)O)C(O)C(OC8OC(COS(=O)(=O)O)C(O)C(OC)C8O)C7O)C(O)C6O)CCC45C)C2(C)CC(=O)C13. The number of aliphatic hydroxyl groups is 8. The molecule has 28 nitrogen and oxygen atoms in total. The summed E-state index contributed by atoms with van der Waals surface area (Å²) in [5, 5.41) is 90.6. The summed E-state index contributed by atoms with van der Waals surface area (Å²) in [5.74, 6) is -0.706. The van der Waals surface area contributed by atoms with Gasteiger partial charge in [-0.1, -0.05) is 44.9 Å². The van der Waals surface area contributed by atoms with Crippen LogP contribution in [0.15, 0.2) is 23.8 Å². The summed E-state index contributed by atoms with van der Waals surface area (Å²) in [4.78, 5) is 28.7. The highest BCUT2D eigenvalue weighted by atomic mass is 32.3. The molecular weight excluding hydrogens is 1160 g/mol. The van der Waals surface area contributed by atoms with Gasteiger partial charge in [0.15, 0.2) is 25.2 Å². The minimum Gasteiger partial charge on any atom is -0.458 e. The third-order valence-corrected chi connectivity index (χ3v) is 21.1. The van der Waals surface area contributed by atoms with Gasteiger partial charge in [-0.25, -0.2) is 8.37 Å². The van der Waals surface area contributed by atoms with Gasteiger partial charge in [0.1, 0.15) is 96.8 Å². The van der Waals surface area contributed by atoms with E-state index in [4.69, 9.17) is 51.9 Å². The van der Waals surface area contributed by atoms with Crippen LogP contribution < -0.4 is 0 Å². The van der Waals surface area contributed by atoms with Crippen molar-refractivity contribution in [1.82, 2.24) is 0 Å². The number of allylic oxidation sites excluding steroid dienone is 3. The lowest BCUT2D eigenvalue weighted by Gasteiger charge is -2.63. The van der Waals surface area contributed by atoms with Crippen LogP contribution in [0.4, 0.5) is 0 Å². The fourth-order valence-electron chi connectivity index (χ4n) is 16.1. The van der Waals surface area contributed by atoms with Gasteiger partial charge in [-0.3, -0.25) is 18.7 Å². The number of ketones is 1. The maximum absolute atomic E-state index is 14.4. The standard InChI is InChI=1S/C54H84O28S2/c1-23(2)11-10-16-53(8)44-27(55)19-52(7)26-12-13-31-50(4,5)32(15-17-51(31,6)25(26)14-18-54(44,52)49(64)82-53)78-48-43(33(57)28(56)20-72-48)81-45-37(61)36(60)40(24(3)75-45)79-47-39(63)42(35(59)30(77-47)22-74-84(68,69)70)80-46-38(62)41(71-9)34(58)29(76-46)21-73-83(65,66)67/h12,24-25,28-48,56-63H,1,10-11,13-22H2,2-9H3,(H,65,66,67)(H,68,69,70). The van der Waals surface area contributed by atoms with Gasteiger partial charge in [-0.05, 0) is 94.8 Å². The second-order valence-electron chi connectivity index (χ2n) is 25.8. The molecule has 27 unspecified atom stereocenters. The van der Waals surface area contributed by atoms with Gasteiger partial charge in [0, 0.05) is 18.9 Å². The number of esters is 1. The summed E-state index contributed by atoms with van der Waals surface area (Å²) in [7, 11) is -9.26. The highest BCUT2D eigenvalue weighted by Crippen LogP contribution is 2.75. The second-order valence-corrected chi connectivity index (χ2v) is 28.0. The van der Waals surface area contributed by atoms with Crippen molar-refractivity contribution in [3.63, 3.8) is 0 Å². The van der Waals surface area contributed by atoms with Crippen LogP contribution in [0.25, 0.3) is 0 Å². The Balaban J connectivity index is 0.884. The minimum absolute atomic E-state index is 0.0143. The molecule has 3 saturated carbocycles. The number of methoxy groups -OCH3 is 1. The van der Waals surface area contributed by atoms with Crippen molar-refractivity contribution in [2.75, 3.05) is 26.9 Å². The Kier molecular flexibility index (Phi) is 19.0. The van der Waals surface area contributed by atoms with Crippen LogP contribution in [0.3, 0.4) is 0 Å². The first-order valence-corrected chi connectivity index (χ1v) is 31.3. The van der Waals surface area contributed by atoms with E-state index in [1.807, 2.05) is 13.8 Å². The monoisotopic (exact) mass is 1240 g/mol. The number of rotatable bonds is 19. The van der Waals surface area contributed by atoms with Gasteiger partial charge < -0.3 is 88.2 Å². The van der Waals surface area contributed by atoms with Crippen LogP contribution in [0.2, 0.25) is 0 Å². The van der Waals surface area contributed by atoms with Crippen LogP contribution in [0.5, 0.6) is 0 Å². The Hall–Kier alpha value is -2.32. The molecule has 4 aliphatic carbocycles. The lowest BCUT2D eigenvalue weighted by Crippen LogP contribution is -2.67. The van der Waals surface area contributed by atoms with Crippen molar-refractivity contribution in [2.24, 2.45) is 39.4 Å². The predicted octanol–water partition coefficient (Wildman–Crippen LogP) is -0.555. The lowest BCUT2D eigenvalue weighted by molar-refractivity contribution is -0.389. The van der Waals surface area contributed by atoms with Crippen LogP contribution in [-0.2, 0) is 86.1 Å². The Morgan fingerprint density at radius 1 is 0.702 bits per heavy atom. The fourth-order valence-corrected chi connectivity index (χ4v) is 16.7. The summed E-state index contributed by atoms with van der Waals surface area (Å²) >= 11 is 0. The lowest BCUT2D eigenvalue weighted by atomic mass is 9.41. The van der Waals surface area contributed by atoms with Crippen molar-refractivity contribution in [2.45, 2.75) is 235 Å². The van der Waals surface area contributed by atoms with E-state index in [1.54, 1.807) is 0 Å². The van der Waals surface area contributed by atoms with Gasteiger partial charge >= 0.3 is 26.8 Å². The molecule has 0 aromatic carbocycles. The molecule has 84 heavy (non-hydrogen) atoms. The first kappa shape index (κ1) is 66.1. The Labute approximate surface area is 487 Å². The van der Waals surface area contributed by atoms with Crippen molar-refractivity contribution in [3.05, 3.63) is 23.8 Å². The first-order chi connectivity index (χ1) is 39.0. The van der Waals surface area contributed by atoms with E-state index in [0.717, 1.165) is 31.1 Å². The normalized spacial score (nSPS) is 48.5. The molecule has 0 amide bonds. The smallest absolute Gasteiger partial charge is 0.397 e. The molecule has 5 heterocycles. The number of ether oxygens (including phenoxy) is 10. The molecule has 5 saturated heterocycles. The summed E-state index contributed by atoms with van der Waals surface area (Å²) in [6.07, 6.45) is -27.4. The number of carbonyl (C=O) groups is 2. The van der Waals surface area contributed by atoms with E-state index in [0.29, 0.717) is 38.5 Å². The van der Waals surface area contributed by atoms with Crippen LogP contribution in [0, 0.1) is 39.4 Å². The van der Waals surface area contributed by atoms with Crippen molar-refractivity contribution < 1.29 is 132 Å². The average Bonchev–Trinajstić information content (AvgIpc) is 1.45. The molecule has 0 aromatic heterocycles. The zero-order chi connectivity index (χ0) is 61.8. The molecular formula is C54H84O28S2. The van der Waals surface area contributed by atoms with E-state index in [1.165, 1.54) is 6.92 Å².